The maximum atomic E-state index is 11.7. The number of ether oxygens (including phenoxy) is 2. The first kappa shape index (κ1) is 14.4. The Morgan fingerprint density at radius 1 is 1.39 bits per heavy atom. The van der Waals surface area contributed by atoms with E-state index in [1.54, 1.807) is 13.0 Å². The van der Waals surface area contributed by atoms with E-state index in [1.807, 2.05) is 26.0 Å². The Labute approximate surface area is 108 Å². The summed E-state index contributed by atoms with van der Waals surface area (Å²) in [6, 6.07) is 5.53. The highest BCUT2D eigenvalue weighted by atomic mass is 16.6. The standard InChI is InChI=1S/C14H21NO3/c1-4-7-12(14(16)17-5-2)18-11-9-6-8-10(3)13(11)15/h6,8-9,12H,4-5,7,15H2,1-3H3. The number of nitrogens with two attached hydrogens (primary N) is 1. The summed E-state index contributed by atoms with van der Waals surface area (Å²) in [5.74, 6) is 0.210. The van der Waals surface area contributed by atoms with Crippen LogP contribution in [0.25, 0.3) is 0 Å². The molecule has 18 heavy (non-hydrogen) atoms. The molecule has 100 valence electrons. The number of hydrogen-bond donors (Lipinski definition) is 1. The summed E-state index contributed by atoms with van der Waals surface area (Å²) in [5, 5.41) is 0. The lowest BCUT2D eigenvalue weighted by Crippen LogP contribution is -2.29. The summed E-state index contributed by atoms with van der Waals surface area (Å²) in [4.78, 5) is 11.7. The lowest BCUT2D eigenvalue weighted by Gasteiger charge is -2.18. The van der Waals surface area contributed by atoms with Gasteiger partial charge in [-0.25, -0.2) is 4.79 Å². The predicted octanol–water partition coefficient (Wildman–Crippen LogP) is 2.69. The molecule has 0 bridgehead atoms. The van der Waals surface area contributed by atoms with Gasteiger partial charge in [0.15, 0.2) is 6.10 Å². The van der Waals surface area contributed by atoms with Gasteiger partial charge in [-0.2, -0.15) is 0 Å². The summed E-state index contributed by atoms with van der Waals surface area (Å²) in [6.07, 6.45) is 0.876. The molecule has 0 radical (unpaired) electrons. The molecule has 0 aliphatic carbocycles. The van der Waals surface area contributed by atoms with E-state index in [0.717, 1.165) is 12.0 Å². The Balaban J connectivity index is 2.82. The van der Waals surface area contributed by atoms with Crippen LogP contribution in [-0.2, 0) is 9.53 Å². The monoisotopic (exact) mass is 251 g/mol. The fourth-order valence-electron chi connectivity index (χ4n) is 1.63. The highest BCUT2D eigenvalue weighted by Crippen LogP contribution is 2.26. The maximum absolute atomic E-state index is 11.7. The molecule has 1 aromatic carbocycles. The van der Waals surface area contributed by atoms with Gasteiger partial charge in [0.25, 0.3) is 0 Å². The number of para-hydroxylation sites is 1. The van der Waals surface area contributed by atoms with E-state index < -0.39 is 6.10 Å². The fourth-order valence-corrected chi connectivity index (χ4v) is 1.63. The molecule has 1 atom stereocenters. The Morgan fingerprint density at radius 3 is 2.72 bits per heavy atom. The van der Waals surface area contributed by atoms with Crippen LogP contribution in [0.15, 0.2) is 18.2 Å². The second-order valence-electron chi connectivity index (χ2n) is 4.13. The van der Waals surface area contributed by atoms with Crippen molar-refractivity contribution in [2.75, 3.05) is 12.3 Å². The number of nitrogen functional groups attached to an aromatic ring is 1. The van der Waals surface area contributed by atoms with Gasteiger partial charge in [0.2, 0.25) is 0 Å². The molecule has 4 heteroatoms. The normalized spacial score (nSPS) is 11.9. The molecular weight excluding hydrogens is 230 g/mol. The Hall–Kier alpha value is -1.71. The average Bonchev–Trinajstić information content (AvgIpc) is 2.34. The minimum atomic E-state index is -0.584. The molecule has 0 heterocycles. The Bertz CT molecular complexity index is 404. The number of benzene rings is 1. The van der Waals surface area contributed by atoms with Crippen LogP contribution in [0.1, 0.15) is 32.3 Å². The summed E-state index contributed by atoms with van der Waals surface area (Å²) in [6.45, 7) is 6.03. The topological polar surface area (TPSA) is 61.5 Å². The van der Waals surface area contributed by atoms with Gasteiger partial charge in [0.1, 0.15) is 5.75 Å². The van der Waals surface area contributed by atoms with E-state index in [2.05, 4.69) is 0 Å². The molecule has 0 amide bonds. The number of esters is 1. The van der Waals surface area contributed by atoms with Crippen molar-refractivity contribution < 1.29 is 14.3 Å². The van der Waals surface area contributed by atoms with E-state index in [-0.39, 0.29) is 5.97 Å². The highest BCUT2D eigenvalue weighted by Gasteiger charge is 2.21. The van der Waals surface area contributed by atoms with E-state index in [1.165, 1.54) is 0 Å². The summed E-state index contributed by atoms with van der Waals surface area (Å²) >= 11 is 0. The molecular formula is C14H21NO3. The first-order chi connectivity index (χ1) is 8.60. The lowest BCUT2D eigenvalue weighted by molar-refractivity contribution is -0.151. The van der Waals surface area contributed by atoms with Crippen LogP contribution in [0.5, 0.6) is 5.75 Å². The van der Waals surface area contributed by atoms with Crippen LogP contribution in [0.4, 0.5) is 5.69 Å². The average molecular weight is 251 g/mol. The summed E-state index contributed by atoms with van der Waals surface area (Å²) in [5.41, 5.74) is 7.43. The van der Waals surface area contributed by atoms with Crippen LogP contribution in [0.2, 0.25) is 0 Å². The van der Waals surface area contributed by atoms with Crippen LogP contribution in [0.3, 0.4) is 0 Å². The zero-order valence-corrected chi connectivity index (χ0v) is 11.2. The van der Waals surface area contributed by atoms with Gasteiger partial charge < -0.3 is 15.2 Å². The summed E-state index contributed by atoms with van der Waals surface area (Å²) < 4.78 is 10.7. The van der Waals surface area contributed by atoms with Crippen molar-refractivity contribution in [3.8, 4) is 5.75 Å². The zero-order chi connectivity index (χ0) is 13.5. The summed E-state index contributed by atoms with van der Waals surface area (Å²) in [7, 11) is 0. The van der Waals surface area contributed by atoms with Crippen molar-refractivity contribution in [1.29, 1.82) is 0 Å². The van der Waals surface area contributed by atoms with E-state index >= 15 is 0 Å². The molecule has 1 aromatic rings. The zero-order valence-electron chi connectivity index (χ0n) is 11.2. The van der Waals surface area contributed by atoms with Crippen molar-refractivity contribution in [2.24, 2.45) is 0 Å². The minimum Gasteiger partial charge on any atom is -0.477 e. The quantitative estimate of drug-likeness (QED) is 0.623. The highest BCUT2D eigenvalue weighted by molar-refractivity contribution is 5.75. The van der Waals surface area contributed by atoms with Gasteiger partial charge in [-0.1, -0.05) is 25.5 Å². The molecule has 0 spiro atoms. The lowest BCUT2D eigenvalue weighted by atomic mass is 10.1. The smallest absolute Gasteiger partial charge is 0.347 e. The van der Waals surface area contributed by atoms with Crippen LogP contribution in [0, 0.1) is 6.92 Å². The van der Waals surface area contributed by atoms with Gasteiger partial charge in [-0.15, -0.1) is 0 Å². The van der Waals surface area contributed by atoms with Crippen molar-refractivity contribution in [3.05, 3.63) is 23.8 Å². The third-order valence-corrected chi connectivity index (χ3v) is 2.65. The molecule has 2 N–H and O–H groups in total. The van der Waals surface area contributed by atoms with Crippen molar-refractivity contribution in [2.45, 2.75) is 39.7 Å². The fraction of sp³-hybridized carbons (Fsp3) is 0.500. The van der Waals surface area contributed by atoms with Crippen LogP contribution >= 0.6 is 0 Å². The molecule has 0 saturated carbocycles. The molecule has 0 aliphatic rings. The number of anilines is 1. The minimum absolute atomic E-state index is 0.333. The molecule has 0 aliphatic heterocycles. The van der Waals surface area contributed by atoms with Gasteiger partial charge in [0.05, 0.1) is 12.3 Å². The van der Waals surface area contributed by atoms with Gasteiger partial charge in [-0.05, 0) is 31.9 Å². The Morgan fingerprint density at radius 2 is 2.11 bits per heavy atom. The first-order valence-electron chi connectivity index (χ1n) is 6.28. The van der Waals surface area contributed by atoms with Crippen LogP contribution in [-0.4, -0.2) is 18.7 Å². The number of carbonyl (C=O) groups excluding carboxylic acids is 1. The second kappa shape index (κ2) is 6.89. The van der Waals surface area contributed by atoms with Crippen molar-refractivity contribution in [3.63, 3.8) is 0 Å². The molecule has 0 aromatic heterocycles. The third kappa shape index (κ3) is 3.65. The number of aryl methyl sites for hydroxylation is 1. The first-order valence-corrected chi connectivity index (χ1v) is 6.28. The van der Waals surface area contributed by atoms with E-state index in [9.17, 15) is 4.79 Å². The number of carbonyl (C=O) groups is 1. The van der Waals surface area contributed by atoms with Gasteiger partial charge >= 0.3 is 5.97 Å². The van der Waals surface area contributed by atoms with Crippen LogP contribution < -0.4 is 10.5 Å². The third-order valence-electron chi connectivity index (χ3n) is 2.65. The van der Waals surface area contributed by atoms with E-state index in [4.69, 9.17) is 15.2 Å². The second-order valence-corrected chi connectivity index (χ2v) is 4.13. The van der Waals surface area contributed by atoms with Crippen molar-refractivity contribution >= 4 is 11.7 Å². The molecule has 0 saturated heterocycles. The number of rotatable bonds is 6. The number of hydrogen-bond acceptors (Lipinski definition) is 4. The largest absolute Gasteiger partial charge is 0.477 e. The molecule has 1 rings (SSSR count). The maximum Gasteiger partial charge on any atom is 0.347 e. The van der Waals surface area contributed by atoms with Gasteiger partial charge in [0, 0.05) is 0 Å². The molecule has 1 unspecified atom stereocenters. The van der Waals surface area contributed by atoms with Gasteiger partial charge in [-0.3, -0.25) is 0 Å². The van der Waals surface area contributed by atoms with Crippen molar-refractivity contribution in [1.82, 2.24) is 0 Å². The molecule has 0 fully saturated rings. The SMILES string of the molecule is CCCC(Oc1cccc(C)c1N)C(=O)OCC. The predicted molar refractivity (Wildman–Crippen MR) is 71.5 cm³/mol. The van der Waals surface area contributed by atoms with E-state index in [0.29, 0.717) is 24.5 Å². The Kier molecular flexibility index (Phi) is 5.49. The molecule has 4 nitrogen and oxygen atoms in total.